The summed E-state index contributed by atoms with van der Waals surface area (Å²) >= 11 is 0. The minimum absolute atomic E-state index is 0.0759. The number of aryl methyl sites for hydroxylation is 1. The van der Waals surface area contributed by atoms with Gasteiger partial charge in [0.15, 0.2) is 5.69 Å². The predicted molar refractivity (Wildman–Crippen MR) is 106 cm³/mol. The zero-order valence-electron chi connectivity index (χ0n) is 16.4. The maximum absolute atomic E-state index is 12.8. The molecule has 3 rings (SSSR count). The van der Waals surface area contributed by atoms with Gasteiger partial charge in [-0.2, -0.15) is 9.40 Å². The van der Waals surface area contributed by atoms with Crippen LogP contribution in [0.5, 0.6) is 0 Å². The average Bonchev–Trinajstić information content (AvgIpc) is 3.13. The number of sulfonamides is 1. The summed E-state index contributed by atoms with van der Waals surface area (Å²) in [5, 5.41) is 4.49. The second kappa shape index (κ2) is 8.87. The first kappa shape index (κ1) is 20.5. The van der Waals surface area contributed by atoms with E-state index in [0.717, 1.165) is 18.5 Å². The van der Waals surface area contributed by atoms with E-state index in [0.29, 0.717) is 43.1 Å². The molecule has 1 aliphatic heterocycles. The number of rotatable bonds is 7. The number of esters is 1. The summed E-state index contributed by atoms with van der Waals surface area (Å²) < 4.78 is 34.1. The Hall–Kier alpha value is -2.19. The largest absolute Gasteiger partial charge is 0.461 e. The smallest absolute Gasteiger partial charge is 0.358 e. The van der Waals surface area contributed by atoms with Gasteiger partial charge in [-0.05, 0) is 44.4 Å². The van der Waals surface area contributed by atoms with Crippen molar-refractivity contribution in [2.24, 2.45) is 0 Å². The normalized spacial score (nSPS) is 16.2. The number of aromatic nitrogens is 2. The Bertz CT molecular complexity index is 901. The molecule has 0 spiro atoms. The highest BCUT2D eigenvalue weighted by Gasteiger charge is 2.31. The summed E-state index contributed by atoms with van der Waals surface area (Å²) in [6.45, 7) is 5.02. The third-order valence-corrected chi connectivity index (χ3v) is 6.87. The third kappa shape index (κ3) is 4.28. The summed E-state index contributed by atoms with van der Waals surface area (Å²) in [5.41, 5.74) is 1.32. The highest BCUT2D eigenvalue weighted by atomic mass is 32.2. The molecule has 8 heteroatoms. The number of carbonyl (C=O) groups excluding carboxylic acids is 1. The van der Waals surface area contributed by atoms with Crippen LogP contribution in [0.25, 0.3) is 0 Å². The number of hydrogen-bond acceptors (Lipinski definition) is 5. The van der Waals surface area contributed by atoms with Gasteiger partial charge in [0.1, 0.15) is 0 Å². The SMILES string of the molecule is CCCc1cc(C(=O)OCC)nn1C1CCN(S(=O)(=O)c2ccccc2)CC1. The second-order valence-corrected chi connectivity index (χ2v) is 8.82. The van der Waals surface area contributed by atoms with Crippen LogP contribution >= 0.6 is 0 Å². The number of carbonyl (C=O) groups is 1. The first-order valence-corrected chi connectivity index (χ1v) is 11.2. The van der Waals surface area contributed by atoms with E-state index >= 15 is 0 Å². The molecule has 7 nitrogen and oxygen atoms in total. The van der Waals surface area contributed by atoms with Crippen molar-refractivity contribution < 1.29 is 17.9 Å². The van der Waals surface area contributed by atoms with E-state index in [1.807, 2.05) is 4.68 Å². The van der Waals surface area contributed by atoms with Crippen LogP contribution in [0.15, 0.2) is 41.3 Å². The fraction of sp³-hybridized carbons (Fsp3) is 0.500. The number of ether oxygens (including phenoxy) is 1. The highest BCUT2D eigenvalue weighted by Crippen LogP contribution is 2.28. The Labute approximate surface area is 166 Å². The number of nitrogens with zero attached hydrogens (tertiary/aromatic N) is 3. The molecule has 0 radical (unpaired) electrons. The van der Waals surface area contributed by atoms with Crippen molar-refractivity contribution in [2.45, 2.75) is 50.5 Å². The van der Waals surface area contributed by atoms with Gasteiger partial charge in [0.05, 0.1) is 17.5 Å². The van der Waals surface area contributed by atoms with E-state index in [-0.39, 0.29) is 6.04 Å². The highest BCUT2D eigenvalue weighted by molar-refractivity contribution is 7.89. The lowest BCUT2D eigenvalue weighted by Crippen LogP contribution is -2.39. The van der Waals surface area contributed by atoms with Crippen molar-refractivity contribution in [3.63, 3.8) is 0 Å². The standard InChI is InChI=1S/C20H27N3O4S/c1-3-8-17-15-19(20(24)27-4-2)21-23(17)16-11-13-22(14-12-16)28(25,26)18-9-6-5-7-10-18/h5-7,9-10,15-16H,3-4,8,11-14H2,1-2H3. The van der Waals surface area contributed by atoms with Crippen molar-refractivity contribution in [1.82, 2.24) is 14.1 Å². The quantitative estimate of drug-likeness (QED) is 0.662. The van der Waals surface area contributed by atoms with Gasteiger partial charge in [-0.25, -0.2) is 13.2 Å². The van der Waals surface area contributed by atoms with Gasteiger partial charge < -0.3 is 4.74 Å². The van der Waals surface area contributed by atoms with E-state index in [9.17, 15) is 13.2 Å². The predicted octanol–water partition coefficient (Wildman–Crippen LogP) is 3.04. The van der Waals surface area contributed by atoms with E-state index in [4.69, 9.17) is 4.74 Å². The topological polar surface area (TPSA) is 81.5 Å². The summed E-state index contributed by atoms with van der Waals surface area (Å²) in [5.74, 6) is -0.414. The molecule has 0 amide bonds. The fourth-order valence-corrected chi connectivity index (χ4v) is 5.06. The molecule has 1 aromatic heterocycles. The molecule has 1 aliphatic rings. The monoisotopic (exact) mass is 405 g/mol. The van der Waals surface area contributed by atoms with Gasteiger partial charge in [0.25, 0.3) is 0 Å². The molecular weight excluding hydrogens is 378 g/mol. The van der Waals surface area contributed by atoms with Crippen LogP contribution in [0, 0.1) is 0 Å². The number of piperidine rings is 1. The van der Waals surface area contributed by atoms with Crippen LogP contribution in [0.1, 0.15) is 55.3 Å². The molecule has 2 aromatic rings. The Kier molecular flexibility index (Phi) is 6.51. The van der Waals surface area contributed by atoms with E-state index in [2.05, 4.69) is 12.0 Å². The maximum Gasteiger partial charge on any atom is 0.358 e. The molecule has 1 saturated heterocycles. The van der Waals surface area contributed by atoms with Gasteiger partial charge in [-0.3, -0.25) is 4.68 Å². The van der Waals surface area contributed by atoms with Crippen molar-refractivity contribution in [1.29, 1.82) is 0 Å². The Morgan fingerprint density at radius 3 is 2.46 bits per heavy atom. The molecular formula is C20H27N3O4S. The summed E-state index contributed by atoms with van der Waals surface area (Å²) in [6, 6.07) is 10.4. The third-order valence-electron chi connectivity index (χ3n) is 4.95. The molecule has 28 heavy (non-hydrogen) atoms. The lowest BCUT2D eigenvalue weighted by Gasteiger charge is -2.32. The minimum atomic E-state index is -3.47. The molecule has 0 atom stereocenters. The fourth-order valence-electron chi connectivity index (χ4n) is 3.57. The molecule has 0 unspecified atom stereocenters. The zero-order valence-corrected chi connectivity index (χ0v) is 17.2. The van der Waals surface area contributed by atoms with Crippen molar-refractivity contribution in [3.8, 4) is 0 Å². The Morgan fingerprint density at radius 2 is 1.86 bits per heavy atom. The van der Waals surface area contributed by atoms with Gasteiger partial charge in [0.2, 0.25) is 10.0 Å². The van der Waals surface area contributed by atoms with Crippen molar-refractivity contribution in [2.75, 3.05) is 19.7 Å². The molecule has 152 valence electrons. The molecule has 0 bridgehead atoms. The lowest BCUT2D eigenvalue weighted by molar-refractivity contribution is 0.0517. The van der Waals surface area contributed by atoms with Crippen LogP contribution < -0.4 is 0 Å². The van der Waals surface area contributed by atoms with E-state index in [1.165, 1.54) is 4.31 Å². The number of benzene rings is 1. The maximum atomic E-state index is 12.8. The number of hydrogen-bond donors (Lipinski definition) is 0. The molecule has 0 aliphatic carbocycles. The minimum Gasteiger partial charge on any atom is -0.461 e. The van der Waals surface area contributed by atoms with Gasteiger partial charge in [-0.1, -0.05) is 31.5 Å². The van der Waals surface area contributed by atoms with Crippen LogP contribution in [0.2, 0.25) is 0 Å². The molecule has 2 heterocycles. The van der Waals surface area contributed by atoms with Crippen molar-refractivity contribution >= 4 is 16.0 Å². The Balaban J connectivity index is 1.75. The van der Waals surface area contributed by atoms with Crippen LogP contribution in [-0.2, 0) is 21.2 Å². The van der Waals surface area contributed by atoms with E-state index < -0.39 is 16.0 Å². The first-order valence-electron chi connectivity index (χ1n) is 9.78. The molecule has 1 fully saturated rings. The lowest BCUT2D eigenvalue weighted by atomic mass is 10.1. The van der Waals surface area contributed by atoms with Crippen LogP contribution in [-0.4, -0.2) is 48.2 Å². The van der Waals surface area contributed by atoms with E-state index in [1.54, 1.807) is 43.3 Å². The van der Waals surface area contributed by atoms with Crippen LogP contribution in [0.4, 0.5) is 0 Å². The molecule has 0 saturated carbocycles. The molecule has 1 aromatic carbocycles. The first-order chi connectivity index (χ1) is 13.5. The summed E-state index contributed by atoms with van der Waals surface area (Å²) in [6.07, 6.45) is 3.07. The second-order valence-electron chi connectivity index (χ2n) is 6.88. The average molecular weight is 406 g/mol. The Morgan fingerprint density at radius 1 is 1.18 bits per heavy atom. The summed E-state index contributed by atoms with van der Waals surface area (Å²) in [7, 11) is -3.47. The molecule has 0 N–H and O–H groups in total. The van der Waals surface area contributed by atoms with Crippen LogP contribution in [0.3, 0.4) is 0 Å². The van der Waals surface area contributed by atoms with Gasteiger partial charge >= 0.3 is 5.97 Å². The van der Waals surface area contributed by atoms with Crippen molar-refractivity contribution in [3.05, 3.63) is 47.8 Å². The summed E-state index contributed by atoms with van der Waals surface area (Å²) in [4.78, 5) is 12.4. The zero-order chi connectivity index (χ0) is 20.1. The van der Waals surface area contributed by atoms with Gasteiger partial charge in [0, 0.05) is 18.8 Å². The van der Waals surface area contributed by atoms with Gasteiger partial charge in [-0.15, -0.1) is 0 Å².